The Kier molecular flexibility index (Phi) is 7.70. The number of benzene rings is 1. The molecule has 0 spiro atoms. The number of thiophene rings is 1. The number of phenols is 1. The summed E-state index contributed by atoms with van der Waals surface area (Å²) in [5.41, 5.74) is 1.40. The SMILES string of the molecule is COC(=O)c1sc(NC(=O)CCN2CCN(c3ccccc3O)CC2)c(C(=O)OC)c1C. The Hall–Kier alpha value is -3.11. The average molecular weight is 462 g/mol. The highest BCUT2D eigenvalue weighted by Gasteiger charge is 2.27. The lowest BCUT2D eigenvalue weighted by Gasteiger charge is -2.36. The van der Waals surface area contributed by atoms with Crippen LogP contribution in [0.25, 0.3) is 0 Å². The molecule has 172 valence electrons. The van der Waals surface area contributed by atoms with Gasteiger partial charge in [-0.1, -0.05) is 12.1 Å². The van der Waals surface area contributed by atoms with Crippen molar-refractivity contribution in [1.82, 2.24) is 4.90 Å². The first-order valence-corrected chi connectivity index (χ1v) is 11.0. The quantitative estimate of drug-likeness (QED) is 0.606. The Labute approximate surface area is 190 Å². The van der Waals surface area contributed by atoms with Crippen LogP contribution in [0.1, 0.15) is 32.0 Å². The molecule has 9 nitrogen and oxygen atoms in total. The van der Waals surface area contributed by atoms with E-state index in [1.807, 2.05) is 12.1 Å². The summed E-state index contributed by atoms with van der Waals surface area (Å²) in [6, 6.07) is 7.25. The molecule has 1 aliphatic heterocycles. The zero-order valence-electron chi connectivity index (χ0n) is 18.3. The van der Waals surface area contributed by atoms with E-state index < -0.39 is 11.9 Å². The second-order valence-corrected chi connectivity index (χ2v) is 8.38. The van der Waals surface area contributed by atoms with Crippen molar-refractivity contribution in [2.24, 2.45) is 0 Å². The number of rotatable bonds is 7. The fourth-order valence-corrected chi connectivity index (χ4v) is 4.76. The topological polar surface area (TPSA) is 108 Å². The molecule has 32 heavy (non-hydrogen) atoms. The molecule has 1 aromatic heterocycles. The molecular weight excluding hydrogens is 434 g/mol. The number of para-hydroxylation sites is 2. The van der Waals surface area contributed by atoms with E-state index in [9.17, 15) is 19.5 Å². The van der Waals surface area contributed by atoms with Gasteiger partial charge in [-0.05, 0) is 24.6 Å². The fraction of sp³-hybridized carbons (Fsp3) is 0.409. The standard InChI is InChI=1S/C22H27N3O6S/c1-14-18(21(28)30-2)20(32-19(14)22(29)31-3)23-17(27)8-9-24-10-12-25(13-11-24)15-6-4-5-7-16(15)26/h4-7,26H,8-13H2,1-3H3,(H,23,27). The third kappa shape index (κ3) is 5.20. The molecule has 1 aliphatic rings. The first kappa shape index (κ1) is 23.6. The van der Waals surface area contributed by atoms with Gasteiger partial charge < -0.3 is 24.8 Å². The van der Waals surface area contributed by atoms with Crippen LogP contribution in [0.4, 0.5) is 10.7 Å². The van der Waals surface area contributed by atoms with Gasteiger partial charge in [-0.2, -0.15) is 0 Å². The van der Waals surface area contributed by atoms with Gasteiger partial charge in [0.05, 0.1) is 25.5 Å². The van der Waals surface area contributed by atoms with Gasteiger partial charge in [0.1, 0.15) is 15.6 Å². The number of amides is 1. The van der Waals surface area contributed by atoms with E-state index >= 15 is 0 Å². The summed E-state index contributed by atoms with van der Waals surface area (Å²) in [6.07, 6.45) is 0.238. The highest BCUT2D eigenvalue weighted by molar-refractivity contribution is 7.18. The minimum Gasteiger partial charge on any atom is -0.506 e. The van der Waals surface area contributed by atoms with E-state index in [1.54, 1.807) is 19.1 Å². The lowest BCUT2D eigenvalue weighted by atomic mass is 10.1. The number of phenolic OH excluding ortho intramolecular Hbond substituents is 1. The monoisotopic (exact) mass is 461 g/mol. The third-order valence-electron chi connectivity index (χ3n) is 5.41. The molecule has 0 bridgehead atoms. The number of piperazine rings is 1. The smallest absolute Gasteiger partial charge is 0.348 e. The Morgan fingerprint density at radius 2 is 1.72 bits per heavy atom. The number of nitrogens with zero attached hydrogens (tertiary/aromatic N) is 2. The van der Waals surface area contributed by atoms with Crippen LogP contribution < -0.4 is 10.2 Å². The summed E-state index contributed by atoms with van der Waals surface area (Å²) in [5, 5.41) is 13.1. The predicted molar refractivity (Wildman–Crippen MR) is 122 cm³/mol. The number of hydrogen-bond acceptors (Lipinski definition) is 9. The number of carbonyl (C=O) groups is 3. The van der Waals surface area contributed by atoms with Crippen LogP contribution in [0.2, 0.25) is 0 Å². The molecule has 2 heterocycles. The summed E-state index contributed by atoms with van der Waals surface area (Å²) < 4.78 is 9.57. The molecule has 1 amide bonds. The highest BCUT2D eigenvalue weighted by atomic mass is 32.1. The molecule has 1 aromatic carbocycles. The highest BCUT2D eigenvalue weighted by Crippen LogP contribution is 2.34. The Balaban J connectivity index is 1.57. The van der Waals surface area contributed by atoms with Crippen molar-refractivity contribution in [3.8, 4) is 5.75 Å². The molecular formula is C22H27N3O6S. The van der Waals surface area contributed by atoms with Crippen LogP contribution in [-0.4, -0.2) is 74.8 Å². The molecule has 0 saturated carbocycles. The van der Waals surface area contributed by atoms with Crippen molar-refractivity contribution in [2.45, 2.75) is 13.3 Å². The molecule has 1 fully saturated rings. The molecule has 3 rings (SSSR count). The van der Waals surface area contributed by atoms with E-state index in [0.29, 0.717) is 12.1 Å². The number of aromatic hydroxyl groups is 1. The summed E-state index contributed by atoms with van der Waals surface area (Å²) in [6.45, 7) is 5.20. The van der Waals surface area contributed by atoms with Crippen LogP contribution in [-0.2, 0) is 14.3 Å². The Bertz CT molecular complexity index is 998. The largest absolute Gasteiger partial charge is 0.506 e. The van der Waals surface area contributed by atoms with Crippen molar-refractivity contribution in [1.29, 1.82) is 0 Å². The molecule has 0 aliphatic carbocycles. The maximum absolute atomic E-state index is 12.6. The van der Waals surface area contributed by atoms with Gasteiger partial charge in [-0.3, -0.25) is 9.69 Å². The number of esters is 2. The second kappa shape index (κ2) is 10.5. The predicted octanol–water partition coefficient (Wildman–Crippen LogP) is 2.49. The summed E-state index contributed by atoms with van der Waals surface area (Å²) in [5.74, 6) is -1.18. The number of anilines is 2. The number of ether oxygens (including phenoxy) is 2. The average Bonchev–Trinajstić information content (AvgIpc) is 3.13. The van der Waals surface area contributed by atoms with Gasteiger partial charge in [0.15, 0.2) is 0 Å². The number of carbonyl (C=O) groups excluding carboxylic acids is 3. The summed E-state index contributed by atoms with van der Waals surface area (Å²) >= 11 is 1.00. The Morgan fingerprint density at radius 1 is 1.06 bits per heavy atom. The second-order valence-electron chi connectivity index (χ2n) is 7.36. The first-order valence-electron chi connectivity index (χ1n) is 10.2. The normalized spacial score (nSPS) is 14.2. The fourth-order valence-electron chi connectivity index (χ4n) is 3.63. The molecule has 0 radical (unpaired) electrons. The molecule has 1 saturated heterocycles. The molecule has 0 unspecified atom stereocenters. The molecule has 10 heteroatoms. The maximum Gasteiger partial charge on any atom is 0.348 e. The first-order chi connectivity index (χ1) is 15.3. The van der Waals surface area contributed by atoms with E-state index in [-0.39, 0.29) is 33.5 Å². The van der Waals surface area contributed by atoms with Gasteiger partial charge in [-0.25, -0.2) is 9.59 Å². The van der Waals surface area contributed by atoms with Crippen molar-refractivity contribution < 1.29 is 29.0 Å². The van der Waals surface area contributed by atoms with Crippen molar-refractivity contribution >= 4 is 39.9 Å². The van der Waals surface area contributed by atoms with Gasteiger partial charge in [0.2, 0.25) is 5.91 Å². The Morgan fingerprint density at radius 3 is 2.34 bits per heavy atom. The van der Waals surface area contributed by atoms with Crippen LogP contribution in [0.3, 0.4) is 0 Å². The molecule has 0 atom stereocenters. The maximum atomic E-state index is 12.6. The van der Waals surface area contributed by atoms with Crippen LogP contribution in [0.5, 0.6) is 5.75 Å². The summed E-state index contributed by atoms with van der Waals surface area (Å²) in [7, 11) is 2.51. The van der Waals surface area contributed by atoms with Crippen LogP contribution in [0, 0.1) is 6.92 Å². The van der Waals surface area contributed by atoms with Gasteiger partial charge >= 0.3 is 11.9 Å². The lowest BCUT2D eigenvalue weighted by molar-refractivity contribution is -0.116. The van der Waals surface area contributed by atoms with Gasteiger partial charge in [0.25, 0.3) is 0 Å². The van der Waals surface area contributed by atoms with Gasteiger partial charge in [-0.15, -0.1) is 11.3 Å². The molecule has 2 N–H and O–H groups in total. The summed E-state index contributed by atoms with van der Waals surface area (Å²) in [4.78, 5) is 41.3. The van der Waals surface area contributed by atoms with Crippen LogP contribution in [0.15, 0.2) is 24.3 Å². The number of hydrogen-bond donors (Lipinski definition) is 2. The third-order valence-corrected chi connectivity index (χ3v) is 6.60. The van der Waals surface area contributed by atoms with E-state index in [2.05, 4.69) is 15.1 Å². The number of nitrogens with one attached hydrogen (secondary N) is 1. The molecule has 2 aromatic rings. The van der Waals surface area contributed by atoms with E-state index in [4.69, 9.17) is 9.47 Å². The van der Waals surface area contributed by atoms with Gasteiger partial charge in [0, 0.05) is 39.1 Å². The van der Waals surface area contributed by atoms with Crippen LogP contribution >= 0.6 is 11.3 Å². The van der Waals surface area contributed by atoms with E-state index in [1.165, 1.54) is 14.2 Å². The zero-order chi connectivity index (χ0) is 23.3. The van der Waals surface area contributed by atoms with E-state index in [0.717, 1.165) is 43.2 Å². The minimum absolute atomic E-state index is 0.169. The van der Waals surface area contributed by atoms with Crippen molar-refractivity contribution in [3.63, 3.8) is 0 Å². The van der Waals surface area contributed by atoms with Crippen molar-refractivity contribution in [2.75, 3.05) is 57.2 Å². The zero-order valence-corrected chi connectivity index (χ0v) is 19.2. The van der Waals surface area contributed by atoms with Crippen molar-refractivity contribution in [3.05, 3.63) is 40.3 Å². The number of methoxy groups -OCH3 is 2. The lowest BCUT2D eigenvalue weighted by Crippen LogP contribution is -2.47. The minimum atomic E-state index is -0.621.